The number of hydrogen-bond acceptors (Lipinski definition) is 3. The molecule has 0 aliphatic heterocycles. The second-order valence-corrected chi connectivity index (χ2v) is 4.28. The van der Waals surface area contributed by atoms with Gasteiger partial charge in [-0.2, -0.15) is 0 Å². The van der Waals surface area contributed by atoms with E-state index in [0.717, 1.165) is 5.56 Å². The number of nitrogens with zero attached hydrogens (tertiary/aromatic N) is 2. The van der Waals surface area contributed by atoms with Gasteiger partial charge in [-0.05, 0) is 24.3 Å². The van der Waals surface area contributed by atoms with E-state index in [4.69, 9.17) is 4.74 Å². The van der Waals surface area contributed by atoms with Crippen molar-refractivity contribution < 1.29 is 14.6 Å². The van der Waals surface area contributed by atoms with Gasteiger partial charge in [0.25, 0.3) is 0 Å². The predicted molar refractivity (Wildman–Crippen MR) is 74.1 cm³/mol. The quantitative estimate of drug-likeness (QED) is 0.793. The number of para-hydroxylation sites is 1. The van der Waals surface area contributed by atoms with Gasteiger partial charge in [0, 0.05) is 18.0 Å². The fourth-order valence-corrected chi connectivity index (χ4v) is 2.17. The van der Waals surface area contributed by atoms with Crippen LogP contribution in [-0.4, -0.2) is 27.6 Å². The van der Waals surface area contributed by atoms with Crippen molar-refractivity contribution in [3.63, 3.8) is 0 Å². The summed E-state index contributed by atoms with van der Waals surface area (Å²) in [5.74, 6) is -0.291. The van der Waals surface area contributed by atoms with Crippen LogP contribution in [0.5, 0.6) is 5.75 Å². The Morgan fingerprint density at radius 1 is 1.25 bits per heavy atom. The predicted octanol–water partition coefficient (Wildman–Crippen LogP) is 2.71. The second kappa shape index (κ2) is 4.70. The summed E-state index contributed by atoms with van der Waals surface area (Å²) in [7, 11) is 1.59. The van der Waals surface area contributed by atoms with Gasteiger partial charge < -0.3 is 14.2 Å². The zero-order chi connectivity index (χ0) is 14.1. The molecule has 3 rings (SSSR count). The van der Waals surface area contributed by atoms with Crippen molar-refractivity contribution in [1.82, 2.24) is 9.38 Å². The molecule has 0 aliphatic rings. The fraction of sp³-hybridized carbons (Fsp3) is 0.0667. The van der Waals surface area contributed by atoms with E-state index in [9.17, 15) is 9.90 Å². The molecule has 0 fully saturated rings. The van der Waals surface area contributed by atoms with Crippen LogP contribution in [0.4, 0.5) is 0 Å². The van der Waals surface area contributed by atoms with Crippen LogP contribution < -0.4 is 4.74 Å². The highest BCUT2D eigenvalue weighted by Gasteiger charge is 2.14. The molecule has 1 aromatic carbocycles. The molecular weight excluding hydrogens is 256 g/mol. The molecule has 0 amide bonds. The number of ether oxygens (including phenoxy) is 1. The lowest BCUT2D eigenvalue weighted by Gasteiger charge is -2.04. The van der Waals surface area contributed by atoms with Crippen LogP contribution in [0, 0.1) is 0 Å². The smallest absolute Gasteiger partial charge is 0.339 e. The second-order valence-electron chi connectivity index (χ2n) is 4.28. The Bertz CT molecular complexity index is 793. The van der Waals surface area contributed by atoms with Crippen molar-refractivity contribution in [2.24, 2.45) is 0 Å². The molecule has 3 aromatic rings. The zero-order valence-electron chi connectivity index (χ0n) is 10.8. The highest BCUT2D eigenvalue weighted by molar-refractivity contribution is 5.94. The summed E-state index contributed by atoms with van der Waals surface area (Å²) in [5, 5.41) is 9.19. The number of rotatable bonds is 3. The highest BCUT2D eigenvalue weighted by Crippen LogP contribution is 2.29. The Balaban J connectivity index is 2.23. The van der Waals surface area contributed by atoms with E-state index in [2.05, 4.69) is 4.98 Å². The van der Waals surface area contributed by atoms with Crippen LogP contribution in [0.3, 0.4) is 0 Å². The number of carboxylic acid groups (broad SMARTS) is 1. The lowest BCUT2D eigenvalue weighted by atomic mass is 10.1. The molecule has 2 aromatic heterocycles. The first kappa shape index (κ1) is 12.2. The Labute approximate surface area is 115 Å². The zero-order valence-corrected chi connectivity index (χ0v) is 10.8. The lowest BCUT2D eigenvalue weighted by molar-refractivity contribution is 0.0698. The summed E-state index contributed by atoms with van der Waals surface area (Å²) in [6.45, 7) is 0. The largest absolute Gasteiger partial charge is 0.496 e. The van der Waals surface area contributed by atoms with Gasteiger partial charge in [0.05, 0.1) is 12.8 Å². The Morgan fingerprint density at radius 2 is 2.05 bits per heavy atom. The summed E-state index contributed by atoms with van der Waals surface area (Å²) in [5.41, 5.74) is 2.10. The van der Waals surface area contributed by atoms with Crippen LogP contribution in [0.1, 0.15) is 10.4 Å². The maximum Gasteiger partial charge on any atom is 0.339 e. The molecule has 5 heteroatoms. The number of benzene rings is 1. The van der Waals surface area contributed by atoms with E-state index in [1.54, 1.807) is 30.0 Å². The van der Waals surface area contributed by atoms with Gasteiger partial charge in [-0.25, -0.2) is 9.78 Å². The molecule has 0 saturated carbocycles. The van der Waals surface area contributed by atoms with Crippen LogP contribution in [0.15, 0.2) is 48.8 Å². The molecule has 0 aliphatic carbocycles. The van der Waals surface area contributed by atoms with Crippen LogP contribution >= 0.6 is 0 Å². The third-order valence-corrected chi connectivity index (χ3v) is 3.10. The van der Waals surface area contributed by atoms with E-state index < -0.39 is 5.97 Å². The molecule has 1 N–H and O–H groups in total. The molecule has 2 heterocycles. The number of pyridine rings is 1. The van der Waals surface area contributed by atoms with Gasteiger partial charge in [0.15, 0.2) is 5.65 Å². The van der Waals surface area contributed by atoms with E-state index in [-0.39, 0.29) is 5.56 Å². The van der Waals surface area contributed by atoms with Crippen molar-refractivity contribution in [2.45, 2.75) is 0 Å². The summed E-state index contributed by atoms with van der Waals surface area (Å²) < 4.78 is 7.01. The fourth-order valence-electron chi connectivity index (χ4n) is 2.17. The number of methoxy groups -OCH3 is 1. The van der Waals surface area contributed by atoms with Gasteiger partial charge >= 0.3 is 5.97 Å². The van der Waals surface area contributed by atoms with Crippen LogP contribution in [0.2, 0.25) is 0 Å². The van der Waals surface area contributed by atoms with Gasteiger partial charge in [0.1, 0.15) is 11.3 Å². The molecule has 5 nitrogen and oxygen atoms in total. The topological polar surface area (TPSA) is 63.8 Å². The minimum absolute atomic E-state index is 0.175. The minimum atomic E-state index is -0.993. The van der Waals surface area contributed by atoms with Gasteiger partial charge in [0.2, 0.25) is 0 Å². The van der Waals surface area contributed by atoms with Crippen LogP contribution in [-0.2, 0) is 0 Å². The lowest BCUT2D eigenvalue weighted by Crippen LogP contribution is -1.99. The number of fused-ring (bicyclic) bond motifs is 1. The third kappa shape index (κ3) is 1.89. The highest BCUT2D eigenvalue weighted by atomic mass is 16.5. The summed E-state index contributed by atoms with van der Waals surface area (Å²) in [6, 6.07) is 10.7. The van der Waals surface area contributed by atoms with Crippen molar-refractivity contribution in [3.05, 3.63) is 54.4 Å². The Kier molecular flexibility index (Phi) is 2.87. The SMILES string of the molecule is COc1ccccc1-c1cn2cccc(C(=O)O)c2n1. The van der Waals surface area contributed by atoms with E-state index >= 15 is 0 Å². The van der Waals surface area contributed by atoms with E-state index in [0.29, 0.717) is 17.1 Å². The van der Waals surface area contributed by atoms with Gasteiger partial charge in [-0.1, -0.05) is 12.1 Å². The molecule has 0 radical (unpaired) electrons. The molecule has 0 bridgehead atoms. The summed E-state index contributed by atoms with van der Waals surface area (Å²) in [6.07, 6.45) is 3.56. The van der Waals surface area contributed by atoms with Crippen molar-refractivity contribution in [2.75, 3.05) is 7.11 Å². The average Bonchev–Trinajstić information content (AvgIpc) is 2.90. The van der Waals surface area contributed by atoms with Gasteiger partial charge in [-0.15, -0.1) is 0 Å². The third-order valence-electron chi connectivity index (χ3n) is 3.10. The number of carbonyl (C=O) groups is 1. The maximum absolute atomic E-state index is 11.2. The summed E-state index contributed by atoms with van der Waals surface area (Å²) in [4.78, 5) is 15.6. The van der Waals surface area contributed by atoms with Crippen molar-refractivity contribution >= 4 is 11.6 Å². The number of hydrogen-bond donors (Lipinski definition) is 1. The Hall–Kier alpha value is -2.82. The summed E-state index contributed by atoms with van der Waals surface area (Å²) >= 11 is 0. The first-order valence-corrected chi connectivity index (χ1v) is 6.05. The number of carboxylic acids is 1. The first-order chi connectivity index (χ1) is 9.70. The molecule has 100 valence electrons. The normalized spacial score (nSPS) is 10.7. The number of aromatic carboxylic acids is 1. The Morgan fingerprint density at radius 3 is 2.80 bits per heavy atom. The maximum atomic E-state index is 11.2. The monoisotopic (exact) mass is 268 g/mol. The van der Waals surface area contributed by atoms with Crippen molar-refractivity contribution in [3.8, 4) is 17.0 Å². The number of aromatic nitrogens is 2. The standard InChI is InChI=1S/C15H12N2O3/c1-20-13-7-3-2-5-10(13)12-9-17-8-4-6-11(15(18)19)14(17)16-12/h2-9H,1H3,(H,18,19). The van der Waals surface area contributed by atoms with Crippen LogP contribution in [0.25, 0.3) is 16.9 Å². The van der Waals surface area contributed by atoms with E-state index in [1.807, 2.05) is 24.3 Å². The van der Waals surface area contributed by atoms with Crippen molar-refractivity contribution in [1.29, 1.82) is 0 Å². The number of imidazole rings is 1. The van der Waals surface area contributed by atoms with Gasteiger partial charge in [-0.3, -0.25) is 0 Å². The molecular formula is C15H12N2O3. The molecule has 0 unspecified atom stereocenters. The molecule has 20 heavy (non-hydrogen) atoms. The first-order valence-electron chi connectivity index (χ1n) is 6.05. The molecule has 0 saturated heterocycles. The molecule has 0 spiro atoms. The van der Waals surface area contributed by atoms with E-state index in [1.165, 1.54) is 6.07 Å². The minimum Gasteiger partial charge on any atom is -0.496 e. The average molecular weight is 268 g/mol. The molecule has 0 atom stereocenters.